The van der Waals surface area contributed by atoms with Gasteiger partial charge >= 0.3 is 0 Å². The van der Waals surface area contributed by atoms with Crippen LogP contribution in [0.2, 0.25) is 0 Å². The first kappa shape index (κ1) is 33.9. The highest BCUT2D eigenvalue weighted by atomic mass is 15.1. The summed E-state index contributed by atoms with van der Waals surface area (Å²) >= 11 is 0. The first-order valence-corrected chi connectivity index (χ1v) is 20.7. The van der Waals surface area contributed by atoms with Crippen molar-refractivity contribution in [3.63, 3.8) is 0 Å². The number of fused-ring (bicyclic) bond motifs is 5. The molecule has 0 radical (unpaired) electrons. The molecule has 0 spiro atoms. The molecule has 274 valence electrons. The van der Waals surface area contributed by atoms with E-state index in [0.717, 1.165) is 25.7 Å². The number of nitrogens with zero attached hydrogens (tertiary/aromatic N) is 1. The minimum Gasteiger partial charge on any atom is -0.314 e. The van der Waals surface area contributed by atoms with E-state index in [-0.39, 0.29) is 11.3 Å². The van der Waals surface area contributed by atoms with Gasteiger partial charge in [0, 0.05) is 23.0 Å². The van der Waals surface area contributed by atoms with Crippen molar-refractivity contribution in [1.82, 2.24) is 0 Å². The molecule has 0 aliphatic heterocycles. The van der Waals surface area contributed by atoms with E-state index in [9.17, 15) is 0 Å². The largest absolute Gasteiger partial charge is 0.314 e. The fraction of sp³-hybridized carbons (Fsp3) is 0.143. The van der Waals surface area contributed by atoms with E-state index in [0.29, 0.717) is 5.92 Å². The first-order chi connectivity index (χ1) is 28.3. The van der Waals surface area contributed by atoms with Gasteiger partial charge in [0.2, 0.25) is 0 Å². The van der Waals surface area contributed by atoms with Gasteiger partial charge in [-0.2, -0.15) is 0 Å². The summed E-state index contributed by atoms with van der Waals surface area (Å²) in [7, 11) is 0. The zero-order valence-electron chi connectivity index (χ0n) is 32.1. The third-order valence-corrected chi connectivity index (χ3v) is 13.6. The number of rotatable bonds is 7. The van der Waals surface area contributed by atoms with Gasteiger partial charge in [-0.05, 0) is 118 Å². The van der Waals surface area contributed by atoms with Crippen LogP contribution in [0.4, 0.5) is 11.4 Å². The second-order valence-electron chi connectivity index (χ2n) is 16.2. The van der Waals surface area contributed by atoms with Gasteiger partial charge in [-0.25, -0.2) is 0 Å². The van der Waals surface area contributed by atoms with Crippen molar-refractivity contribution in [2.24, 2.45) is 11.8 Å². The van der Waals surface area contributed by atoms with Crippen LogP contribution in [-0.4, -0.2) is 0 Å². The van der Waals surface area contributed by atoms with Crippen LogP contribution < -0.4 is 4.90 Å². The second-order valence-corrected chi connectivity index (χ2v) is 16.2. The molecule has 6 aromatic rings. The molecule has 4 atom stereocenters. The minimum absolute atomic E-state index is 0.212. The van der Waals surface area contributed by atoms with E-state index in [1.807, 2.05) is 0 Å². The molecule has 5 aliphatic rings. The first-order valence-electron chi connectivity index (χ1n) is 20.7. The average Bonchev–Trinajstić information content (AvgIpc) is 3.61. The topological polar surface area (TPSA) is 3.24 Å². The van der Waals surface area contributed by atoms with Gasteiger partial charge < -0.3 is 4.90 Å². The van der Waals surface area contributed by atoms with Crippen molar-refractivity contribution in [2.75, 3.05) is 4.90 Å². The monoisotopic (exact) mass is 731 g/mol. The highest BCUT2D eigenvalue weighted by Gasteiger charge is 2.61. The number of hydrogen-bond acceptors (Lipinski definition) is 1. The van der Waals surface area contributed by atoms with Gasteiger partial charge in [0.15, 0.2) is 0 Å². The smallest absolute Gasteiger partial charge is 0.0535 e. The van der Waals surface area contributed by atoms with Crippen molar-refractivity contribution < 1.29 is 0 Å². The van der Waals surface area contributed by atoms with Crippen molar-refractivity contribution in [2.45, 2.75) is 36.5 Å². The molecule has 6 aromatic carbocycles. The lowest BCUT2D eigenvalue weighted by Gasteiger charge is -2.53. The van der Waals surface area contributed by atoms with Crippen molar-refractivity contribution in [3.8, 4) is 0 Å². The van der Waals surface area contributed by atoms with E-state index in [1.54, 1.807) is 0 Å². The van der Waals surface area contributed by atoms with Crippen molar-refractivity contribution in [3.05, 3.63) is 263 Å². The van der Waals surface area contributed by atoms with Gasteiger partial charge in [0.1, 0.15) is 0 Å². The Morgan fingerprint density at radius 1 is 0.491 bits per heavy atom. The van der Waals surface area contributed by atoms with Gasteiger partial charge in [-0.3, -0.25) is 0 Å². The fourth-order valence-corrected chi connectivity index (χ4v) is 11.4. The minimum atomic E-state index is -0.442. The van der Waals surface area contributed by atoms with Crippen molar-refractivity contribution in [1.29, 1.82) is 0 Å². The summed E-state index contributed by atoms with van der Waals surface area (Å²) in [6.45, 7) is 0. The van der Waals surface area contributed by atoms with Crippen LogP contribution in [-0.2, 0) is 10.8 Å². The van der Waals surface area contributed by atoms with Crippen LogP contribution in [0, 0.1) is 11.8 Å². The summed E-state index contributed by atoms with van der Waals surface area (Å²) in [6, 6.07) is 59.6. The molecule has 0 bridgehead atoms. The molecule has 0 heterocycles. The van der Waals surface area contributed by atoms with Gasteiger partial charge in [-0.15, -0.1) is 0 Å². The molecule has 0 N–H and O–H groups in total. The summed E-state index contributed by atoms with van der Waals surface area (Å²) in [5.74, 6) is 0.526. The van der Waals surface area contributed by atoms with Crippen LogP contribution in [0.1, 0.15) is 70.2 Å². The van der Waals surface area contributed by atoms with Crippen LogP contribution in [0.25, 0.3) is 11.1 Å². The van der Waals surface area contributed by atoms with E-state index >= 15 is 0 Å². The third kappa shape index (κ3) is 5.01. The quantitative estimate of drug-likeness (QED) is 0.158. The Morgan fingerprint density at radius 3 is 1.91 bits per heavy atom. The molecule has 0 saturated heterocycles. The Bertz CT molecular complexity index is 2690. The van der Waals surface area contributed by atoms with Crippen LogP contribution in [0.5, 0.6) is 0 Å². The summed E-state index contributed by atoms with van der Waals surface area (Å²) in [5, 5.41) is 0. The molecule has 0 aromatic heterocycles. The Hall–Kier alpha value is -6.44. The highest BCUT2D eigenvalue weighted by Crippen LogP contribution is 2.68. The lowest BCUT2D eigenvalue weighted by molar-refractivity contribution is 0.389. The van der Waals surface area contributed by atoms with Gasteiger partial charge in [-0.1, -0.05) is 182 Å². The van der Waals surface area contributed by atoms with Gasteiger partial charge in [0.25, 0.3) is 0 Å². The molecule has 11 rings (SSSR count). The number of anilines is 2. The third-order valence-electron chi connectivity index (χ3n) is 13.6. The summed E-state index contributed by atoms with van der Waals surface area (Å²) in [6.07, 6.45) is 25.1. The SMILES string of the molecule is C1=CCC(C2(c3cccc(N(C4=CC=C(c5ccccc5)CC4)c4ccccc4)c3)c3ccccc3C3(c4ccccc4)c4c(cccc42)C2=CC=CCC23)C=C1. The fourth-order valence-electron chi connectivity index (χ4n) is 11.4. The molecular formula is C56H45N. The molecule has 4 unspecified atom stereocenters. The van der Waals surface area contributed by atoms with E-state index in [4.69, 9.17) is 0 Å². The number of para-hydroxylation sites is 1. The normalized spacial score (nSPS) is 23.8. The zero-order valence-corrected chi connectivity index (χ0v) is 32.1. The lowest BCUT2D eigenvalue weighted by atomic mass is 9.48. The number of benzene rings is 6. The van der Waals surface area contributed by atoms with Crippen LogP contribution >= 0.6 is 0 Å². The maximum absolute atomic E-state index is 2.53. The maximum atomic E-state index is 2.53. The maximum Gasteiger partial charge on any atom is 0.0535 e. The lowest BCUT2D eigenvalue weighted by Crippen LogP contribution is -2.49. The average molecular weight is 732 g/mol. The highest BCUT2D eigenvalue weighted by molar-refractivity contribution is 5.89. The summed E-state index contributed by atoms with van der Waals surface area (Å²) in [4.78, 5) is 2.51. The molecule has 0 saturated carbocycles. The van der Waals surface area contributed by atoms with Gasteiger partial charge in [0.05, 0.1) is 10.8 Å². The molecule has 1 nitrogen and oxygen atoms in total. The molecule has 1 heteroatoms. The van der Waals surface area contributed by atoms with E-state index < -0.39 is 5.41 Å². The molecule has 57 heavy (non-hydrogen) atoms. The summed E-state index contributed by atoms with van der Waals surface area (Å²) < 4.78 is 0. The van der Waals surface area contributed by atoms with Crippen molar-refractivity contribution >= 4 is 22.5 Å². The molecule has 5 aliphatic carbocycles. The summed E-state index contributed by atoms with van der Waals surface area (Å²) in [5.41, 5.74) is 17.1. The predicted molar refractivity (Wildman–Crippen MR) is 237 cm³/mol. The van der Waals surface area contributed by atoms with Crippen LogP contribution in [0.3, 0.4) is 0 Å². The van der Waals surface area contributed by atoms with Crippen LogP contribution in [0.15, 0.2) is 218 Å². The predicted octanol–water partition coefficient (Wildman–Crippen LogP) is 13.7. The molecule has 0 fully saturated rings. The Balaban J connectivity index is 1.18. The second kappa shape index (κ2) is 13.6. The Labute approximate surface area is 337 Å². The zero-order chi connectivity index (χ0) is 37.8. The van der Waals surface area contributed by atoms with E-state index in [1.165, 1.54) is 72.7 Å². The molecular weight excluding hydrogens is 687 g/mol. The number of hydrogen-bond donors (Lipinski definition) is 0. The number of allylic oxidation sites excluding steroid dienone is 12. The Kier molecular flexibility index (Phi) is 8.10. The Morgan fingerprint density at radius 2 is 1.16 bits per heavy atom. The standard InChI is InChI=1S/C56H45N/c1-5-19-40(20-6-1)41-35-37-46(38-36-41)57(45-26-11-4-12-27-45)47-28-17-25-44(39-47)55(42-21-7-2-8-22-42)51-32-15-16-33-52(51)56(43-23-9-3-10-24-43)50-31-14-13-29-48(50)49-30-18-34-53(55)54(49)56/h1-21,23-30,32-35,37,39,42,50H,22,31,36,38H2. The van der Waals surface area contributed by atoms with E-state index in [2.05, 4.69) is 217 Å². The molecule has 0 amide bonds.